The van der Waals surface area contributed by atoms with E-state index in [2.05, 4.69) is 4.98 Å². The van der Waals surface area contributed by atoms with Crippen molar-refractivity contribution in [3.8, 4) is 0 Å². The second kappa shape index (κ2) is 3.44. The van der Waals surface area contributed by atoms with Gasteiger partial charge in [-0.1, -0.05) is 6.07 Å². The Kier molecular flexibility index (Phi) is 2.23. The number of benzene rings is 1. The summed E-state index contributed by atoms with van der Waals surface area (Å²) in [7, 11) is 1.75. The number of carbonyl (C=O) groups is 2. The molecule has 5 nitrogen and oxygen atoms in total. The first kappa shape index (κ1) is 10.4. The topological polar surface area (TPSA) is 72.2 Å². The van der Waals surface area contributed by atoms with E-state index >= 15 is 0 Å². The summed E-state index contributed by atoms with van der Waals surface area (Å²) in [6.07, 6.45) is 0. The van der Waals surface area contributed by atoms with Gasteiger partial charge in [0.2, 0.25) is 0 Å². The molecule has 0 aliphatic carbocycles. The van der Waals surface area contributed by atoms with Gasteiger partial charge in [-0.25, -0.2) is 9.78 Å². The van der Waals surface area contributed by atoms with Crippen LogP contribution in [0.2, 0.25) is 0 Å². The molecule has 5 heteroatoms. The van der Waals surface area contributed by atoms with Crippen molar-refractivity contribution in [1.29, 1.82) is 0 Å². The molecule has 1 aromatic carbocycles. The Hall–Kier alpha value is -2.17. The number of aromatic nitrogens is 2. The fraction of sp³-hybridized carbons (Fsp3) is 0.182. The molecule has 0 saturated heterocycles. The number of para-hydroxylation sites is 1. The van der Waals surface area contributed by atoms with E-state index in [1.165, 1.54) is 6.07 Å². The minimum atomic E-state index is -1.45. The number of hydrogen-bond acceptors (Lipinski definition) is 3. The van der Waals surface area contributed by atoms with Gasteiger partial charge in [-0.15, -0.1) is 0 Å². The maximum absolute atomic E-state index is 11.5. The molecule has 1 N–H and O–H groups in total. The molecule has 2 rings (SSSR count). The van der Waals surface area contributed by atoms with Gasteiger partial charge < -0.3 is 9.67 Å². The first-order valence-electron chi connectivity index (χ1n) is 4.72. The average Bonchev–Trinajstić information content (AvgIpc) is 2.54. The number of Topliss-reactive ketones (excluding diaryl/α,β-unsaturated/α-hetero) is 1. The lowest BCUT2D eigenvalue weighted by Crippen LogP contribution is -2.14. The van der Waals surface area contributed by atoms with Gasteiger partial charge in [0.1, 0.15) is 5.82 Å². The number of carbonyl (C=O) groups excluding carboxylic acids is 1. The zero-order valence-corrected chi connectivity index (χ0v) is 8.89. The third-order valence-electron chi connectivity index (χ3n) is 2.56. The van der Waals surface area contributed by atoms with Gasteiger partial charge in [0.05, 0.1) is 16.6 Å². The van der Waals surface area contributed by atoms with Gasteiger partial charge in [-0.05, 0) is 19.1 Å². The van der Waals surface area contributed by atoms with Crippen molar-refractivity contribution in [3.63, 3.8) is 0 Å². The van der Waals surface area contributed by atoms with Crippen molar-refractivity contribution in [2.75, 3.05) is 0 Å². The van der Waals surface area contributed by atoms with Gasteiger partial charge in [-0.2, -0.15) is 0 Å². The minimum absolute atomic E-state index is 0.174. The Balaban J connectivity index is 2.80. The number of carboxylic acid groups (broad SMARTS) is 1. The van der Waals surface area contributed by atoms with Crippen LogP contribution in [0.15, 0.2) is 18.2 Å². The lowest BCUT2D eigenvalue weighted by molar-refractivity contribution is -0.131. The number of aryl methyl sites for hydroxylation is 2. The van der Waals surface area contributed by atoms with Crippen molar-refractivity contribution in [2.45, 2.75) is 6.92 Å². The molecule has 0 fully saturated rings. The Morgan fingerprint density at radius 2 is 2.06 bits per heavy atom. The molecule has 0 amide bonds. The Labute approximate surface area is 91.3 Å². The molecule has 0 unspecified atom stereocenters. The summed E-state index contributed by atoms with van der Waals surface area (Å²) in [6.45, 7) is 1.80. The van der Waals surface area contributed by atoms with Crippen molar-refractivity contribution >= 4 is 22.8 Å². The molecule has 0 aliphatic heterocycles. The fourth-order valence-electron chi connectivity index (χ4n) is 1.68. The molecule has 0 saturated carbocycles. The highest BCUT2D eigenvalue weighted by Gasteiger charge is 2.20. The monoisotopic (exact) mass is 218 g/mol. The smallest absolute Gasteiger partial charge is 0.377 e. The van der Waals surface area contributed by atoms with E-state index in [0.29, 0.717) is 11.0 Å². The van der Waals surface area contributed by atoms with Crippen LogP contribution in [0.1, 0.15) is 16.2 Å². The Bertz CT molecular complexity index is 599. The van der Waals surface area contributed by atoms with Gasteiger partial charge in [0, 0.05) is 7.05 Å². The van der Waals surface area contributed by atoms with Crippen molar-refractivity contribution in [3.05, 3.63) is 29.6 Å². The summed E-state index contributed by atoms with van der Waals surface area (Å²) in [4.78, 5) is 26.4. The fourth-order valence-corrected chi connectivity index (χ4v) is 1.68. The normalized spacial score (nSPS) is 10.6. The van der Waals surface area contributed by atoms with Crippen LogP contribution in [0.5, 0.6) is 0 Å². The van der Waals surface area contributed by atoms with Crippen LogP contribution in [-0.2, 0) is 11.8 Å². The number of aliphatic carboxylic acids is 1. The molecule has 2 aromatic rings. The Morgan fingerprint density at radius 1 is 1.38 bits per heavy atom. The van der Waals surface area contributed by atoms with Crippen LogP contribution in [0.4, 0.5) is 0 Å². The molecule has 1 aromatic heterocycles. The van der Waals surface area contributed by atoms with Gasteiger partial charge in [0.25, 0.3) is 5.78 Å². The third-order valence-corrected chi connectivity index (χ3v) is 2.56. The number of fused-ring (bicyclic) bond motifs is 1. The Morgan fingerprint density at radius 3 is 2.69 bits per heavy atom. The lowest BCUT2D eigenvalue weighted by atomic mass is 10.1. The van der Waals surface area contributed by atoms with E-state index in [4.69, 9.17) is 5.11 Å². The van der Waals surface area contributed by atoms with Crippen molar-refractivity contribution < 1.29 is 14.7 Å². The van der Waals surface area contributed by atoms with Gasteiger partial charge in [-0.3, -0.25) is 4.79 Å². The molecule has 0 atom stereocenters. The van der Waals surface area contributed by atoms with Crippen LogP contribution in [-0.4, -0.2) is 26.4 Å². The highest BCUT2D eigenvalue weighted by atomic mass is 16.4. The van der Waals surface area contributed by atoms with Crippen molar-refractivity contribution in [1.82, 2.24) is 9.55 Å². The van der Waals surface area contributed by atoms with E-state index < -0.39 is 11.8 Å². The number of ketones is 1. The largest absolute Gasteiger partial charge is 0.475 e. The van der Waals surface area contributed by atoms with Crippen molar-refractivity contribution in [2.24, 2.45) is 7.05 Å². The number of carboxylic acids is 1. The minimum Gasteiger partial charge on any atom is -0.475 e. The predicted molar refractivity (Wildman–Crippen MR) is 57.4 cm³/mol. The molecule has 0 bridgehead atoms. The molecule has 16 heavy (non-hydrogen) atoms. The van der Waals surface area contributed by atoms with E-state index in [9.17, 15) is 9.59 Å². The first-order chi connectivity index (χ1) is 7.52. The lowest BCUT2D eigenvalue weighted by Gasteiger charge is -2.01. The number of nitrogens with zero attached hydrogens (tertiary/aromatic N) is 2. The molecular weight excluding hydrogens is 208 g/mol. The summed E-state index contributed by atoms with van der Waals surface area (Å²) in [5.74, 6) is -1.62. The maximum Gasteiger partial charge on any atom is 0.377 e. The van der Waals surface area contributed by atoms with Gasteiger partial charge in [0.15, 0.2) is 0 Å². The molecule has 82 valence electrons. The molecule has 0 aliphatic rings. The maximum atomic E-state index is 11.5. The summed E-state index contributed by atoms with van der Waals surface area (Å²) in [6, 6.07) is 4.88. The van der Waals surface area contributed by atoms with E-state index in [0.717, 1.165) is 5.82 Å². The second-order valence-electron chi connectivity index (χ2n) is 3.53. The second-order valence-corrected chi connectivity index (χ2v) is 3.53. The van der Waals surface area contributed by atoms with Crippen LogP contribution in [0, 0.1) is 6.92 Å². The quantitative estimate of drug-likeness (QED) is 0.606. The highest BCUT2D eigenvalue weighted by molar-refractivity contribution is 6.42. The number of rotatable bonds is 2. The SMILES string of the molecule is Cc1nc2cccc(C(=O)C(=O)O)c2n1C. The molecule has 0 spiro atoms. The summed E-state index contributed by atoms with van der Waals surface area (Å²) in [5, 5.41) is 8.71. The average molecular weight is 218 g/mol. The predicted octanol–water partition coefficient (Wildman–Crippen LogP) is 1.15. The number of imidazole rings is 1. The van der Waals surface area contributed by atoms with Crippen LogP contribution in [0.3, 0.4) is 0 Å². The third kappa shape index (κ3) is 1.37. The van der Waals surface area contributed by atoms with Gasteiger partial charge >= 0.3 is 5.97 Å². The summed E-state index contributed by atoms with van der Waals surface area (Å²) < 4.78 is 1.71. The van der Waals surface area contributed by atoms with E-state index in [1.807, 2.05) is 0 Å². The van der Waals surface area contributed by atoms with E-state index in [-0.39, 0.29) is 5.56 Å². The van der Waals surface area contributed by atoms with Crippen LogP contribution >= 0.6 is 0 Å². The van der Waals surface area contributed by atoms with Crippen LogP contribution < -0.4 is 0 Å². The molecule has 1 heterocycles. The number of hydrogen-bond donors (Lipinski definition) is 1. The highest BCUT2D eigenvalue weighted by Crippen LogP contribution is 2.19. The first-order valence-corrected chi connectivity index (χ1v) is 4.72. The standard InChI is InChI=1S/C11H10N2O3/c1-6-12-8-5-3-4-7(9(8)13(6)2)10(14)11(15)16/h3-5H,1-2H3,(H,15,16). The van der Waals surface area contributed by atoms with Crippen LogP contribution in [0.25, 0.3) is 11.0 Å². The summed E-state index contributed by atoms with van der Waals surface area (Å²) >= 11 is 0. The summed E-state index contributed by atoms with van der Waals surface area (Å²) in [5.41, 5.74) is 1.37. The zero-order valence-electron chi connectivity index (χ0n) is 8.89. The van der Waals surface area contributed by atoms with E-state index in [1.54, 1.807) is 30.7 Å². The molecule has 0 radical (unpaired) electrons. The molecular formula is C11H10N2O3. The zero-order chi connectivity index (χ0) is 11.9.